The van der Waals surface area contributed by atoms with E-state index < -0.39 is 72.2 Å². The second-order valence-corrected chi connectivity index (χ2v) is 11.4. The van der Waals surface area contributed by atoms with Gasteiger partial charge in [0.25, 0.3) is 17.0 Å². The Balaban J connectivity index is 1.06. The van der Waals surface area contributed by atoms with E-state index >= 15 is 0 Å². The third-order valence-corrected chi connectivity index (χ3v) is 7.82. The average molecular weight is 707 g/mol. The first-order chi connectivity index (χ1) is 24.4. The molecule has 1 aliphatic rings. The third-order valence-electron chi connectivity index (χ3n) is 7.82. The van der Waals surface area contributed by atoms with Gasteiger partial charge in [-0.05, 0) is 30.7 Å². The van der Waals surface area contributed by atoms with E-state index in [0.29, 0.717) is 11.4 Å². The number of nitrogens with one attached hydrogen (secondary N) is 5. The highest BCUT2D eigenvalue weighted by Gasteiger charge is 2.38. The molecule has 4 atom stereocenters. The van der Waals surface area contributed by atoms with Gasteiger partial charge >= 0.3 is 17.6 Å². The van der Waals surface area contributed by atoms with Crippen LogP contribution < -0.4 is 38.9 Å². The molecule has 22 heteroatoms. The number of carbonyl (C=O) groups excluding carboxylic acids is 2. The number of hydrogen-bond donors (Lipinski definition) is 9. The molecule has 0 saturated carbocycles. The molecule has 1 fully saturated rings. The number of carboxylic acids is 1. The van der Waals surface area contributed by atoms with Gasteiger partial charge in [0.15, 0.2) is 22.3 Å². The largest absolute Gasteiger partial charge is 0.481 e. The van der Waals surface area contributed by atoms with Gasteiger partial charge in [-0.3, -0.25) is 34.1 Å². The summed E-state index contributed by atoms with van der Waals surface area (Å²) in [5, 5.41) is 25.4. The summed E-state index contributed by atoms with van der Waals surface area (Å²) in [5.41, 5.74) is 10.2. The lowest BCUT2D eigenvalue weighted by Gasteiger charge is -2.20. The molecule has 266 valence electrons. The standard InChI is InChI=1S/C29H30N12O10/c30-27-37-21-19(24(46)39-27)34-13(9-33-21)8-32-12-3-1-11(2-4-12)23(45)35-14(5-6-18(43)44)26(48)50-10-16-15(42)7-17(51-16)41-22-20(36-29(41)49)25(47)40-28(31)38-22/h1-4,9,14-17,32,42H,5-8,10H2,(H,35,45)(H,36,49)(H,43,44)(H3,31,38,40,47)(H3,30,33,37,39,46)/t14?,15-,16+,17+/m0/s1. The molecule has 0 spiro atoms. The minimum absolute atomic E-state index is 0.0206. The van der Waals surface area contributed by atoms with Gasteiger partial charge in [0.2, 0.25) is 11.9 Å². The Morgan fingerprint density at radius 3 is 2.51 bits per heavy atom. The van der Waals surface area contributed by atoms with Crippen molar-refractivity contribution in [2.45, 2.75) is 50.3 Å². The van der Waals surface area contributed by atoms with Crippen LogP contribution in [-0.4, -0.2) is 92.4 Å². The zero-order valence-electron chi connectivity index (χ0n) is 26.3. The highest BCUT2D eigenvalue weighted by molar-refractivity contribution is 5.97. The summed E-state index contributed by atoms with van der Waals surface area (Å²) in [5.74, 6) is -3.22. The van der Waals surface area contributed by atoms with Crippen molar-refractivity contribution in [3.05, 3.63) is 72.9 Å². The van der Waals surface area contributed by atoms with Gasteiger partial charge in [0, 0.05) is 24.1 Å². The van der Waals surface area contributed by atoms with Gasteiger partial charge < -0.3 is 41.8 Å². The normalized spacial score (nSPS) is 17.7. The second-order valence-electron chi connectivity index (χ2n) is 11.4. The first kappa shape index (κ1) is 34.2. The number of nitrogens with two attached hydrogens (primary N) is 2. The number of nitrogen functional groups attached to an aromatic ring is 2. The zero-order valence-corrected chi connectivity index (χ0v) is 26.3. The minimum atomic E-state index is -1.38. The number of aromatic amines is 3. The van der Waals surface area contributed by atoms with Crippen LogP contribution in [0.1, 0.15) is 41.5 Å². The molecular weight excluding hydrogens is 676 g/mol. The number of rotatable bonds is 12. The molecule has 0 radical (unpaired) electrons. The van der Waals surface area contributed by atoms with Gasteiger partial charge in [-0.15, -0.1) is 0 Å². The molecule has 1 aliphatic heterocycles. The predicted octanol–water partition coefficient (Wildman–Crippen LogP) is -1.93. The van der Waals surface area contributed by atoms with Crippen LogP contribution in [0.25, 0.3) is 22.3 Å². The smallest absolute Gasteiger partial charge is 0.329 e. The highest BCUT2D eigenvalue weighted by atomic mass is 16.6. The third kappa shape index (κ3) is 7.50. The zero-order chi connectivity index (χ0) is 36.4. The molecule has 6 rings (SSSR count). The minimum Gasteiger partial charge on any atom is -0.481 e. The molecule has 51 heavy (non-hydrogen) atoms. The molecule has 0 aliphatic carbocycles. The molecule has 22 nitrogen and oxygen atoms in total. The topological polar surface area (TPSA) is 341 Å². The summed E-state index contributed by atoms with van der Waals surface area (Å²) in [6.45, 7) is -0.338. The number of esters is 1. The summed E-state index contributed by atoms with van der Waals surface area (Å²) < 4.78 is 12.1. The first-order valence-corrected chi connectivity index (χ1v) is 15.2. The summed E-state index contributed by atoms with van der Waals surface area (Å²) in [6, 6.07) is 4.71. The maximum atomic E-state index is 13.1. The van der Waals surface area contributed by atoms with Crippen molar-refractivity contribution in [1.29, 1.82) is 0 Å². The lowest BCUT2D eigenvalue weighted by Crippen LogP contribution is -2.43. The van der Waals surface area contributed by atoms with Crippen LogP contribution in [0.15, 0.2) is 44.8 Å². The molecule has 1 amide bonds. The summed E-state index contributed by atoms with van der Waals surface area (Å²) >= 11 is 0. The van der Waals surface area contributed by atoms with Crippen molar-refractivity contribution in [3.63, 3.8) is 0 Å². The number of nitrogens with zero attached hydrogens (tertiary/aromatic N) is 5. The molecular formula is C29H30N12O10. The number of aliphatic carboxylic acids is 1. The monoisotopic (exact) mass is 706 g/mol. The Hall–Kier alpha value is -6.68. The number of H-pyrrole nitrogens is 3. The maximum absolute atomic E-state index is 13.1. The van der Waals surface area contributed by atoms with E-state index in [9.17, 15) is 39.0 Å². The highest BCUT2D eigenvalue weighted by Crippen LogP contribution is 2.29. The van der Waals surface area contributed by atoms with Crippen LogP contribution in [0.3, 0.4) is 0 Å². The quantitative estimate of drug-likeness (QED) is 0.0638. The lowest BCUT2D eigenvalue weighted by molar-refractivity contribution is -0.152. The van der Waals surface area contributed by atoms with E-state index in [1.807, 2.05) is 0 Å². The average Bonchev–Trinajstić information content (AvgIpc) is 3.62. The van der Waals surface area contributed by atoms with Crippen molar-refractivity contribution in [2.24, 2.45) is 0 Å². The van der Waals surface area contributed by atoms with Crippen LogP contribution in [0, 0.1) is 0 Å². The second kappa shape index (κ2) is 14.0. The number of hydrogen-bond acceptors (Lipinski definition) is 16. The van der Waals surface area contributed by atoms with Crippen LogP contribution in [0.2, 0.25) is 0 Å². The number of amides is 1. The SMILES string of the molecule is Nc1nc2ncc(CNc3ccc(C(=O)NC(CCC(=O)O)C(=O)OC[C@H]4O[C@@H](n5c(=O)[nH]c6c(=O)[nH]c(N)nc65)C[C@@H]4O)cc3)nc2c(=O)[nH]1. The number of carbonyl (C=O) groups is 3. The number of anilines is 3. The van der Waals surface area contributed by atoms with Gasteiger partial charge in [-0.1, -0.05) is 0 Å². The number of carboxylic acid groups (broad SMARTS) is 1. The summed E-state index contributed by atoms with van der Waals surface area (Å²) in [4.78, 5) is 97.5. The molecule has 5 heterocycles. The van der Waals surface area contributed by atoms with E-state index in [-0.39, 0.29) is 59.2 Å². The van der Waals surface area contributed by atoms with Crippen molar-refractivity contribution >= 4 is 57.8 Å². The number of ether oxygens (including phenoxy) is 2. The Morgan fingerprint density at radius 2 is 1.76 bits per heavy atom. The Labute approximate surface area is 283 Å². The van der Waals surface area contributed by atoms with Crippen LogP contribution in [-0.2, 0) is 25.6 Å². The fraction of sp³-hybridized carbons (Fsp3) is 0.310. The number of aliphatic hydroxyl groups excluding tert-OH is 1. The number of aliphatic hydroxyl groups is 1. The lowest BCUT2D eigenvalue weighted by atomic mass is 10.1. The van der Waals surface area contributed by atoms with Crippen LogP contribution in [0.4, 0.5) is 17.6 Å². The van der Waals surface area contributed by atoms with Gasteiger partial charge in [0.05, 0.1) is 24.5 Å². The molecule has 11 N–H and O–H groups in total. The number of imidazole rings is 1. The fourth-order valence-corrected chi connectivity index (χ4v) is 5.33. The summed E-state index contributed by atoms with van der Waals surface area (Å²) in [7, 11) is 0. The maximum Gasteiger partial charge on any atom is 0.329 e. The van der Waals surface area contributed by atoms with Crippen molar-refractivity contribution in [2.75, 3.05) is 23.4 Å². The number of aromatic nitrogens is 8. The first-order valence-electron chi connectivity index (χ1n) is 15.2. The molecule has 1 aromatic carbocycles. The Kier molecular flexibility index (Phi) is 9.42. The molecule has 5 aromatic rings. The van der Waals surface area contributed by atoms with Crippen molar-refractivity contribution in [3.8, 4) is 0 Å². The Bertz CT molecular complexity index is 2320. The molecule has 1 saturated heterocycles. The van der Waals surface area contributed by atoms with E-state index in [2.05, 4.69) is 45.5 Å². The van der Waals surface area contributed by atoms with Crippen LogP contribution in [0.5, 0.6) is 0 Å². The van der Waals surface area contributed by atoms with Crippen LogP contribution >= 0.6 is 0 Å². The van der Waals surface area contributed by atoms with Crippen molar-refractivity contribution < 1.29 is 34.1 Å². The van der Waals surface area contributed by atoms with E-state index in [1.165, 1.54) is 18.3 Å². The van der Waals surface area contributed by atoms with Gasteiger partial charge in [-0.2, -0.15) is 9.97 Å². The van der Waals surface area contributed by atoms with Crippen molar-refractivity contribution in [1.82, 2.24) is 44.8 Å². The molecule has 4 aromatic heterocycles. The van der Waals surface area contributed by atoms with E-state index in [1.54, 1.807) is 12.1 Å². The molecule has 1 unspecified atom stereocenters. The summed E-state index contributed by atoms with van der Waals surface area (Å²) in [6.07, 6.45) is -2.91. The Morgan fingerprint density at radius 1 is 1.04 bits per heavy atom. The predicted molar refractivity (Wildman–Crippen MR) is 175 cm³/mol. The van der Waals surface area contributed by atoms with E-state index in [4.69, 9.17) is 20.9 Å². The van der Waals surface area contributed by atoms with Gasteiger partial charge in [0.1, 0.15) is 25.0 Å². The number of benzene rings is 1. The molecule has 0 bridgehead atoms. The fourth-order valence-electron chi connectivity index (χ4n) is 5.33. The van der Waals surface area contributed by atoms with Gasteiger partial charge in [-0.25, -0.2) is 24.1 Å². The van der Waals surface area contributed by atoms with E-state index in [0.717, 1.165) is 4.57 Å². The number of fused-ring (bicyclic) bond motifs is 2.